The van der Waals surface area contributed by atoms with Crippen molar-refractivity contribution < 1.29 is 14.7 Å². The third-order valence-corrected chi connectivity index (χ3v) is 3.47. The highest BCUT2D eigenvalue weighted by molar-refractivity contribution is 5.86. The summed E-state index contributed by atoms with van der Waals surface area (Å²) in [5.74, 6) is -0.622. The number of carboxylic acids is 1. The van der Waals surface area contributed by atoms with E-state index in [0.717, 1.165) is 5.56 Å². The third kappa shape index (κ3) is 2.76. The Morgan fingerprint density at radius 3 is 2.81 bits per heavy atom. The van der Waals surface area contributed by atoms with Gasteiger partial charge in [0.25, 0.3) is 0 Å². The molecule has 1 aromatic carbocycles. The number of aliphatic carboxylic acids is 1. The minimum Gasteiger partial charge on any atom is -0.481 e. The Labute approximate surface area is 120 Å². The van der Waals surface area contributed by atoms with Gasteiger partial charge in [0, 0.05) is 18.5 Å². The molecule has 3 rings (SSSR count). The van der Waals surface area contributed by atoms with E-state index in [2.05, 4.69) is 15.2 Å². The van der Waals surface area contributed by atoms with E-state index < -0.39 is 11.9 Å². The van der Waals surface area contributed by atoms with Crippen LogP contribution in [-0.2, 0) is 16.1 Å². The summed E-state index contributed by atoms with van der Waals surface area (Å²) in [6.45, 7) is 0.470. The summed E-state index contributed by atoms with van der Waals surface area (Å²) in [6, 6.07) is 9.49. The SMILES string of the molecule is O=C(O)[C@H]1CC(=O)N(Cc2nc(-c3ccccc3)n[nH]2)C1. The number of amides is 1. The van der Waals surface area contributed by atoms with Crippen LogP contribution in [0.2, 0.25) is 0 Å². The van der Waals surface area contributed by atoms with Crippen LogP contribution in [0.15, 0.2) is 30.3 Å². The molecule has 0 radical (unpaired) electrons. The zero-order chi connectivity index (χ0) is 14.8. The predicted octanol–water partition coefficient (Wildman–Crippen LogP) is 0.905. The van der Waals surface area contributed by atoms with E-state index in [1.165, 1.54) is 4.90 Å². The second kappa shape index (κ2) is 5.35. The van der Waals surface area contributed by atoms with E-state index in [1.807, 2.05) is 30.3 Å². The molecule has 1 atom stereocenters. The molecule has 21 heavy (non-hydrogen) atoms. The Balaban J connectivity index is 1.71. The molecule has 0 unspecified atom stereocenters. The van der Waals surface area contributed by atoms with Gasteiger partial charge in [-0.1, -0.05) is 30.3 Å². The van der Waals surface area contributed by atoms with E-state index in [0.29, 0.717) is 11.6 Å². The topological polar surface area (TPSA) is 99.2 Å². The van der Waals surface area contributed by atoms with Gasteiger partial charge in [-0.25, -0.2) is 4.98 Å². The van der Waals surface area contributed by atoms with Gasteiger partial charge in [0.15, 0.2) is 5.82 Å². The number of carboxylic acid groups (broad SMARTS) is 1. The molecule has 2 heterocycles. The number of carbonyl (C=O) groups excluding carboxylic acids is 1. The van der Waals surface area contributed by atoms with Crippen LogP contribution in [0, 0.1) is 5.92 Å². The molecule has 2 N–H and O–H groups in total. The van der Waals surface area contributed by atoms with Crippen molar-refractivity contribution in [3.8, 4) is 11.4 Å². The molecular weight excluding hydrogens is 272 g/mol. The molecule has 1 aromatic heterocycles. The van der Waals surface area contributed by atoms with Crippen molar-refractivity contribution in [2.75, 3.05) is 6.54 Å². The first kappa shape index (κ1) is 13.3. The Morgan fingerprint density at radius 1 is 1.38 bits per heavy atom. The number of hydrogen-bond donors (Lipinski definition) is 2. The van der Waals surface area contributed by atoms with Gasteiger partial charge < -0.3 is 10.0 Å². The van der Waals surface area contributed by atoms with Crippen molar-refractivity contribution in [1.29, 1.82) is 0 Å². The van der Waals surface area contributed by atoms with Crippen LogP contribution >= 0.6 is 0 Å². The van der Waals surface area contributed by atoms with Crippen LogP contribution in [0.5, 0.6) is 0 Å². The molecule has 0 bridgehead atoms. The minimum absolute atomic E-state index is 0.0506. The monoisotopic (exact) mass is 286 g/mol. The molecule has 7 nitrogen and oxygen atoms in total. The Bertz CT molecular complexity index is 668. The Kier molecular flexibility index (Phi) is 3.39. The molecule has 2 aromatic rings. The first-order valence-corrected chi connectivity index (χ1v) is 6.61. The zero-order valence-electron chi connectivity index (χ0n) is 11.2. The molecule has 7 heteroatoms. The fraction of sp³-hybridized carbons (Fsp3) is 0.286. The fourth-order valence-electron chi connectivity index (χ4n) is 2.35. The average Bonchev–Trinajstić information content (AvgIpc) is 3.08. The minimum atomic E-state index is -0.937. The number of benzene rings is 1. The van der Waals surface area contributed by atoms with E-state index >= 15 is 0 Å². The molecule has 1 aliphatic rings. The number of rotatable bonds is 4. The number of hydrogen-bond acceptors (Lipinski definition) is 4. The summed E-state index contributed by atoms with van der Waals surface area (Å²) < 4.78 is 0. The second-order valence-corrected chi connectivity index (χ2v) is 4.99. The highest BCUT2D eigenvalue weighted by Crippen LogP contribution is 2.20. The average molecular weight is 286 g/mol. The molecule has 0 spiro atoms. The molecule has 108 valence electrons. The smallest absolute Gasteiger partial charge is 0.308 e. The number of nitrogens with zero attached hydrogens (tertiary/aromatic N) is 3. The highest BCUT2D eigenvalue weighted by Gasteiger charge is 2.34. The molecular formula is C14H14N4O3. The van der Waals surface area contributed by atoms with Crippen LogP contribution in [0.25, 0.3) is 11.4 Å². The summed E-state index contributed by atoms with van der Waals surface area (Å²) in [4.78, 5) is 28.5. The van der Waals surface area contributed by atoms with Gasteiger partial charge in [0.05, 0.1) is 12.5 Å². The number of nitrogens with one attached hydrogen (secondary N) is 1. The van der Waals surface area contributed by atoms with Crippen molar-refractivity contribution in [3.05, 3.63) is 36.2 Å². The molecule has 1 aliphatic heterocycles. The van der Waals surface area contributed by atoms with Crippen LogP contribution in [0.1, 0.15) is 12.2 Å². The van der Waals surface area contributed by atoms with Crippen molar-refractivity contribution in [2.45, 2.75) is 13.0 Å². The highest BCUT2D eigenvalue weighted by atomic mass is 16.4. The summed E-state index contributed by atoms with van der Waals surface area (Å²) in [5.41, 5.74) is 0.885. The van der Waals surface area contributed by atoms with Crippen molar-refractivity contribution in [3.63, 3.8) is 0 Å². The van der Waals surface area contributed by atoms with Gasteiger partial charge >= 0.3 is 5.97 Å². The Morgan fingerprint density at radius 2 is 2.14 bits per heavy atom. The second-order valence-electron chi connectivity index (χ2n) is 4.99. The van der Waals surface area contributed by atoms with Gasteiger partial charge in [-0.2, -0.15) is 5.10 Å². The molecule has 1 amide bonds. The maximum Gasteiger partial charge on any atom is 0.308 e. The summed E-state index contributed by atoms with van der Waals surface area (Å²) in [6.07, 6.45) is 0.0506. The summed E-state index contributed by atoms with van der Waals surface area (Å²) in [7, 11) is 0. The maximum atomic E-state index is 11.8. The van der Waals surface area contributed by atoms with Gasteiger partial charge in [-0.3, -0.25) is 14.7 Å². The molecule has 1 saturated heterocycles. The molecule has 0 aliphatic carbocycles. The third-order valence-electron chi connectivity index (χ3n) is 3.47. The van der Waals surface area contributed by atoms with E-state index in [-0.39, 0.29) is 25.4 Å². The first-order valence-electron chi connectivity index (χ1n) is 6.61. The lowest BCUT2D eigenvalue weighted by molar-refractivity contribution is -0.141. The summed E-state index contributed by atoms with van der Waals surface area (Å²) in [5, 5.41) is 15.9. The van der Waals surface area contributed by atoms with E-state index in [1.54, 1.807) is 0 Å². The van der Waals surface area contributed by atoms with E-state index in [9.17, 15) is 9.59 Å². The van der Waals surface area contributed by atoms with Crippen molar-refractivity contribution in [2.24, 2.45) is 5.92 Å². The molecule has 1 fully saturated rings. The van der Waals surface area contributed by atoms with Crippen LogP contribution in [-0.4, -0.2) is 43.6 Å². The Hall–Kier alpha value is -2.70. The number of aromatic amines is 1. The lowest BCUT2D eigenvalue weighted by Gasteiger charge is -2.13. The number of aromatic nitrogens is 3. The number of likely N-dealkylation sites (tertiary alicyclic amines) is 1. The van der Waals surface area contributed by atoms with Gasteiger partial charge in [-0.15, -0.1) is 0 Å². The first-order chi connectivity index (χ1) is 10.1. The lowest BCUT2D eigenvalue weighted by atomic mass is 10.1. The maximum absolute atomic E-state index is 11.8. The van der Waals surface area contributed by atoms with E-state index in [4.69, 9.17) is 5.11 Å². The van der Waals surface area contributed by atoms with Crippen LogP contribution < -0.4 is 0 Å². The van der Waals surface area contributed by atoms with Crippen LogP contribution in [0.3, 0.4) is 0 Å². The quantitative estimate of drug-likeness (QED) is 0.870. The van der Waals surface area contributed by atoms with Crippen molar-refractivity contribution >= 4 is 11.9 Å². The fourth-order valence-corrected chi connectivity index (χ4v) is 2.35. The van der Waals surface area contributed by atoms with Gasteiger partial charge in [0.2, 0.25) is 5.91 Å². The lowest BCUT2D eigenvalue weighted by Crippen LogP contribution is -2.26. The van der Waals surface area contributed by atoms with Gasteiger partial charge in [-0.05, 0) is 0 Å². The van der Waals surface area contributed by atoms with Crippen molar-refractivity contribution in [1.82, 2.24) is 20.1 Å². The number of H-pyrrole nitrogens is 1. The van der Waals surface area contributed by atoms with Crippen LogP contribution in [0.4, 0.5) is 0 Å². The summed E-state index contributed by atoms with van der Waals surface area (Å²) >= 11 is 0. The predicted molar refractivity (Wildman–Crippen MR) is 73.0 cm³/mol. The standard InChI is InChI=1S/C14H14N4O3/c19-12-6-10(14(20)21)7-18(12)8-11-15-13(17-16-11)9-4-2-1-3-5-9/h1-5,10H,6-8H2,(H,20,21)(H,15,16,17)/t10-/m0/s1. The largest absolute Gasteiger partial charge is 0.481 e. The zero-order valence-corrected chi connectivity index (χ0v) is 11.2. The molecule has 0 saturated carbocycles. The number of carbonyl (C=O) groups is 2. The van der Waals surface area contributed by atoms with Gasteiger partial charge in [0.1, 0.15) is 5.82 Å². The normalized spacial score (nSPS) is 18.2.